The highest BCUT2D eigenvalue weighted by Crippen LogP contribution is 2.27. The quantitative estimate of drug-likeness (QED) is 0.714. The van der Waals surface area contributed by atoms with Crippen molar-refractivity contribution >= 4 is 17.3 Å². The fourth-order valence-corrected chi connectivity index (χ4v) is 3.41. The molecule has 29 heavy (non-hydrogen) atoms. The molecular weight excluding hydrogens is 371 g/mol. The Balaban J connectivity index is 1.48. The second-order valence-corrected chi connectivity index (χ2v) is 7.18. The molecule has 148 valence electrons. The second-order valence-electron chi connectivity index (χ2n) is 7.18. The maximum atomic E-state index is 14.8. The van der Waals surface area contributed by atoms with Crippen LogP contribution in [0.4, 0.5) is 21.7 Å². The summed E-state index contributed by atoms with van der Waals surface area (Å²) >= 11 is 0. The molecule has 9 heteroatoms. The van der Waals surface area contributed by atoms with Crippen LogP contribution in [0.1, 0.15) is 12.1 Å². The molecule has 1 fully saturated rings. The van der Waals surface area contributed by atoms with E-state index >= 15 is 0 Å². The monoisotopic (exact) mass is 392 g/mol. The van der Waals surface area contributed by atoms with Crippen molar-refractivity contribution in [1.29, 1.82) is 5.26 Å². The van der Waals surface area contributed by atoms with E-state index in [1.54, 1.807) is 17.1 Å². The van der Waals surface area contributed by atoms with E-state index in [0.29, 0.717) is 29.1 Å². The summed E-state index contributed by atoms with van der Waals surface area (Å²) in [6.07, 6.45) is 7.22. The van der Waals surface area contributed by atoms with E-state index in [2.05, 4.69) is 44.2 Å². The van der Waals surface area contributed by atoms with Crippen molar-refractivity contribution in [3.05, 3.63) is 54.6 Å². The van der Waals surface area contributed by atoms with E-state index < -0.39 is 0 Å². The number of rotatable bonds is 5. The van der Waals surface area contributed by atoms with Gasteiger partial charge < -0.3 is 19.7 Å². The lowest BCUT2D eigenvalue weighted by molar-refractivity contribution is 0.315. The Kier molecular flexibility index (Phi) is 5.10. The minimum Gasteiger partial charge on any atom is -0.368 e. The summed E-state index contributed by atoms with van der Waals surface area (Å²) < 4.78 is 16.5. The molecule has 1 aromatic carbocycles. The van der Waals surface area contributed by atoms with Crippen LogP contribution in [0.25, 0.3) is 5.69 Å². The first-order valence-corrected chi connectivity index (χ1v) is 9.28. The first kappa shape index (κ1) is 18.8. The number of hydrogen-bond acceptors (Lipinski definition) is 7. The van der Waals surface area contributed by atoms with Crippen LogP contribution in [0.2, 0.25) is 0 Å². The third-order valence-electron chi connectivity index (χ3n) is 5.07. The molecule has 3 aromatic rings. The average Bonchev–Trinajstić information content (AvgIpc) is 3.38. The number of hydrogen-bond donors (Lipinski definition) is 1. The summed E-state index contributed by atoms with van der Waals surface area (Å²) in [6.45, 7) is 1.68. The minimum atomic E-state index is -0.247. The van der Waals surface area contributed by atoms with Crippen LogP contribution in [-0.4, -0.2) is 57.6 Å². The highest BCUT2D eigenvalue weighted by Gasteiger charge is 2.25. The molecule has 8 nitrogen and oxygen atoms in total. The molecule has 2 aromatic heterocycles. The van der Waals surface area contributed by atoms with Crippen molar-refractivity contribution in [1.82, 2.24) is 24.4 Å². The molecule has 0 bridgehead atoms. The molecule has 1 saturated heterocycles. The summed E-state index contributed by atoms with van der Waals surface area (Å²) in [4.78, 5) is 16.6. The van der Waals surface area contributed by atoms with Gasteiger partial charge in [-0.05, 0) is 32.6 Å². The van der Waals surface area contributed by atoms with Crippen LogP contribution in [0.3, 0.4) is 0 Å². The summed E-state index contributed by atoms with van der Waals surface area (Å²) in [7, 11) is 4.11. The molecule has 0 spiro atoms. The number of imidazole rings is 1. The van der Waals surface area contributed by atoms with Gasteiger partial charge in [0.25, 0.3) is 0 Å². The van der Waals surface area contributed by atoms with Crippen LogP contribution < -0.4 is 10.2 Å². The molecule has 3 heterocycles. The number of likely N-dealkylation sites (N-methyl/N-ethyl adjacent to an activating group) is 1. The van der Waals surface area contributed by atoms with Crippen molar-refractivity contribution in [2.45, 2.75) is 12.5 Å². The van der Waals surface area contributed by atoms with E-state index in [9.17, 15) is 4.39 Å². The number of anilines is 3. The fourth-order valence-electron chi connectivity index (χ4n) is 3.41. The maximum absolute atomic E-state index is 14.8. The number of aromatic nitrogens is 4. The van der Waals surface area contributed by atoms with Gasteiger partial charge in [0.05, 0.1) is 24.3 Å². The van der Waals surface area contributed by atoms with Crippen molar-refractivity contribution < 1.29 is 4.39 Å². The normalized spacial score (nSPS) is 16.2. The van der Waals surface area contributed by atoms with Gasteiger partial charge in [-0.1, -0.05) is 0 Å². The lowest BCUT2D eigenvalue weighted by Gasteiger charge is -2.22. The number of benzene rings is 1. The molecule has 0 radical (unpaired) electrons. The standard InChI is InChI=1S/C20H21FN8/c1-27(2)16-5-6-28(11-16)18-4-3-15(7-17(18)21)29-12-20(25-13-29)26-19-10-23-14(8-22)9-24-19/h3-4,7,9-10,12-13,16H,5-6,11H2,1-2H3,(H,24,26)/t16-/m1/s1. The smallest absolute Gasteiger partial charge is 0.158 e. The lowest BCUT2D eigenvalue weighted by atomic mass is 10.2. The van der Waals surface area contributed by atoms with Gasteiger partial charge in [-0.25, -0.2) is 19.3 Å². The topological polar surface area (TPSA) is 85.9 Å². The Morgan fingerprint density at radius 2 is 2.07 bits per heavy atom. The highest BCUT2D eigenvalue weighted by atomic mass is 19.1. The van der Waals surface area contributed by atoms with E-state index in [1.165, 1.54) is 18.5 Å². The van der Waals surface area contributed by atoms with Gasteiger partial charge in [0.15, 0.2) is 5.69 Å². The lowest BCUT2D eigenvalue weighted by Crippen LogP contribution is -2.31. The molecule has 1 aliphatic heterocycles. The fraction of sp³-hybridized carbons (Fsp3) is 0.300. The van der Waals surface area contributed by atoms with Gasteiger partial charge in [0.2, 0.25) is 0 Å². The molecule has 4 rings (SSSR count). The van der Waals surface area contributed by atoms with Gasteiger partial charge in [-0.3, -0.25) is 0 Å². The van der Waals surface area contributed by atoms with Crippen molar-refractivity contribution in [3.63, 3.8) is 0 Å². The Labute approximate surface area is 168 Å². The molecule has 1 aliphatic rings. The number of nitrogens with one attached hydrogen (secondary N) is 1. The number of nitriles is 1. The molecule has 0 amide bonds. The first-order valence-electron chi connectivity index (χ1n) is 9.28. The van der Waals surface area contributed by atoms with Crippen molar-refractivity contribution in [2.24, 2.45) is 0 Å². The first-order chi connectivity index (χ1) is 14.0. The Morgan fingerprint density at radius 1 is 1.21 bits per heavy atom. The summed E-state index contributed by atoms with van der Waals surface area (Å²) in [6, 6.07) is 7.59. The Bertz CT molecular complexity index is 1040. The van der Waals surface area contributed by atoms with Crippen molar-refractivity contribution in [3.8, 4) is 11.8 Å². The molecule has 0 unspecified atom stereocenters. The second kappa shape index (κ2) is 7.85. The third-order valence-corrected chi connectivity index (χ3v) is 5.07. The van der Waals surface area contributed by atoms with Crippen LogP contribution >= 0.6 is 0 Å². The van der Waals surface area contributed by atoms with Crippen LogP contribution in [0.15, 0.2) is 43.1 Å². The minimum absolute atomic E-state index is 0.242. The van der Waals surface area contributed by atoms with Crippen LogP contribution in [0, 0.1) is 17.1 Å². The Hall–Kier alpha value is -3.51. The van der Waals surface area contributed by atoms with Gasteiger partial charge in [-0.2, -0.15) is 5.26 Å². The van der Waals surface area contributed by atoms with Gasteiger partial charge in [-0.15, -0.1) is 0 Å². The predicted octanol–water partition coefficient (Wildman–Crippen LogP) is 2.56. The SMILES string of the molecule is CN(C)[C@@H]1CCN(c2ccc(-n3cnc(Nc4cnc(C#N)cn4)c3)cc2F)C1. The van der Waals surface area contributed by atoms with Crippen LogP contribution in [-0.2, 0) is 0 Å². The number of halogens is 1. The molecule has 1 N–H and O–H groups in total. The molecule has 1 atom stereocenters. The molecule has 0 aliphatic carbocycles. The van der Waals surface area contributed by atoms with E-state index in [4.69, 9.17) is 5.26 Å². The summed E-state index contributed by atoms with van der Waals surface area (Å²) in [5.74, 6) is 0.769. The van der Waals surface area contributed by atoms with Gasteiger partial charge >= 0.3 is 0 Å². The summed E-state index contributed by atoms with van der Waals surface area (Å²) in [5, 5.41) is 11.8. The third kappa shape index (κ3) is 4.02. The molecular formula is C20H21FN8. The van der Waals surface area contributed by atoms with Crippen LogP contribution in [0.5, 0.6) is 0 Å². The largest absolute Gasteiger partial charge is 0.368 e. The van der Waals surface area contributed by atoms with Gasteiger partial charge in [0.1, 0.15) is 29.8 Å². The van der Waals surface area contributed by atoms with E-state index in [1.807, 2.05) is 18.2 Å². The summed E-state index contributed by atoms with van der Waals surface area (Å²) in [5.41, 5.74) is 1.55. The Morgan fingerprint density at radius 3 is 2.72 bits per heavy atom. The van der Waals surface area contributed by atoms with E-state index in [0.717, 1.165) is 19.5 Å². The zero-order valence-corrected chi connectivity index (χ0v) is 16.2. The number of nitrogens with zero attached hydrogens (tertiary/aromatic N) is 7. The van der Waals surface area contributed by atoms with E-state index in [-0.39, 0.29) is 11.5 Å². The molecule has 0 saturated carbocycles. The maximum Gasteiger partial charge on any atom is 0.158 e. The predicted molar refractivity (Wildman–Crippen MR) is 108 cm³/mol. The average molecular weight is 392 g/mol. The highest BCUT2D eigenvalue weighted by molar-refractivity contribution is 5.55. The zero-order valence-electron chi connectivity index (χ0n) is 16.2. The van der Waals surface area contributed by atoms with Gasteiger partial charge in [0, 0.05) is 30.9 Å². The zero-order chi connectivity index (χ0) is 20.4. The van der Waals surface area contributed by atoms with Crippen molar-refractivity contribution in [2.75, 3.05) is 37.4 Å².